The fourth-order valence-corrected chi connectivity index (χ4v) is 2.40. The first kappa shape index (κ1) is 14.3. The number of thioether (sulfide) groups is 1. The number of nitrogens with one attached hydrogen (secondary N) is 1. The quantitative estimate of drug-likeness (QED) is 0.638. The van der Waals surface area contributed by atoms with E-state index in [0.29, 0.717) is 10.2 Å². The van der Waals surface area contributed by atoms with Gasteiger partial charge in [0.25, 0.3) is 5.69 Å². The molecule has 1 aromatic rings. The normalized spacial score (nSPS) is 12.2. The van der Waals surface area contributed by atoms with E-state index in [1.807, 2.05) is 18.7 Å². The molecule has 0 fully saturated rings. The molecule has 0 aromatic heterocycles. The number of benzene rings is 1. The van der Waals surface area contributed by atoms with Gasteiger partial charge in [-0.1, -0.05) is 22.9 Å². The minimum absolute atomic E-state index is 0.104. The van der Waals surface area contributed by atoms with Gasteiger partial charge in [-0.15, -0.1) is 0 Å². The average molecular weight is 319 g/mol. The lowest BCUT2D eigenvalue weighted by Gasteiger charge is -2.14. The molecule has 6 heteroatoms. The fraction of sp³-hybridized carbons (Fsp3) is 0.455. The van der Waals surface area contributed by atoms with Crippen LogP contribution in [0.25, 0.3) is 0 Å². The van der Waals surface area contributed by atoms with Crippen LogP contribution in [0.1, 0.15) is 13.8 Å². The van der Waals surface area contributed by atoms with Gasteiger partial charge in [-0.05, 0) is 24.8 Å². The maximum absolute atomic E-state index is 10.9. The zero-order chi connectivity index (χ0) is 12.8. The molecule has 0 heterocycles. The minimum atomic E-state index is -0.368. The van der Waals surface area contributed by atoms with Crippen molar-refractivity contribution < 1.29 is 4.92 Å². The van der Waals surface area contributed by atoms with E-state index >= 15 is 0 Å². The third-order valence-corrected chi connectivity index (χ3v) is 3.77. The van der Waals surface area contributed by atoms with Gasteiger partial charge in [0.2, 0.25) is 0 Å². The molecule has 0 radical (unpaired) electrons. The van der Waals surface area contributed by atoms with Crippen LogP contribution in [0.3, 0.4) is 0 Å². The molecule has 0 bridgehead atoms. The van der Waals surface area contributed by atoms with Crippen molar-refractivity contribution in [1.82, 2.24) is 0 Å². The summed E-state index contributed by atoms with van der Waals surface area (Å²) in [6.07, 6.45) is 0. The summed E-state index contributed by atoms with van der Waals surface area (Å²) < 4.78 is 0.713. The number of anilines is 1. The first-order valence-corrected chi connectivity index (χ1v) is 7.27. The highest BCUT2D eigenvalue weighted by molar-refractivity contribution is 9.10. The van der Waals surface area contributed by atoms with E-state index in [1.54, 1.807) is 12.1 Å². The molecule has 94 valence electrons. The van der Waals surface area contributed by atoms with E-state index in [0.717, 1.165) is 11.5 Å². The molecule has 1 unspecified atom stereocenters. The van der Waals surface area contributed by atoms with Crippen molar-refractivity contribution in [1.29, 1.82) is 0 Å². The first-order valence-electron chi connectivity index (χ1n) is 5.32. The Morgan fingerprint density at radius 1 is 1.59 bits per heavy atom. The predicted octanol–water partition coefficient (Wildman–Crippen LogP) is 3.91. The lowest BCUT2D eigenvalue weighted by molar-refractivity contribution is -0.384. The Morgan fingerprint density at radius 3 is 2.88 bits per heavy atom. The molecule has 0 saturated heterocycles. The first-order chi connectivity index (χ1) is 8.04. The maximum atomic E-state index is 10.9. The Hall–Kier alpha value is -0.750. The van der Waals surface area contributed by atoms with Gasteiger partial charge in [-0.3, -0.25) is 10.1 Å². The van der Waals surface area contributed by atoms with Crippen molar-refractivity contribution in [2.45, 2.75) is 19.9 Å². The van der Waals surface area contributed by atoms with Crippen molar-refractivity contribution >= 4 is 39.1 Å². The molecule has 1 rings (SSSR count). The Kier molecular flexibility index (Phi) is 5.77. The van der Waals surface area contributed by atoms with Gasteiger partial charge < -0.3 is 5.32 Å². The van der Waals surface area contributed by atoms with E-state index in [1.165, 1.54) is 6.07 Å². The summed E-state index contributed by atoms with van der Waals surface area (Å²) in [7, 11) is 0. The largest absolute Gasteiger partial charge is 0.376 e. The van der Waals surface area contributed by atoms with Crippen LogP contribution in [-0.2, 0) is 0 Å². The van der Waals surface area contributed by atoms with Gasteiger partial charge in [0.1, 0.15) is 5.69 Å². The fourth-order valence-electron chi connectivity index (χ4n) is 1.38. The number of hydrogen-bond donors (Lipinski definition) is 1. The van der Waals surface area contributed by atoms with E-state index < -0.39 is 0 Å². The summed E-state index contributed by atoms with van der Waals surface area (Å²) in [5, 5.41) is 14.1. The number of nitrogens with zero attached hydrogens (tertiary/aromatic N) is 1. The molecular formula is C11H15BrN2O2S. The summed E-state index contributed by atoms with van der Waals surface area (Å²) in [5.74, 6) is 1.98. The van der Waals surface area contributed by atoms with Gasteiger partial charge in [0.05, 0.1) is 4.92 Å². The summed E-state index contributed by atoms with van der Waals surface area (Å²) in [5.41, 5.74) is 0.676. The summed E-state index contributed by atoms with van der Waals surface area (Å²) in [6, 6.07) is 5.26. The molecule has 0 aliphatic carbocycles. The lowest BCUT2D eigenvalue weighted by Crippen LogP contribution is -2.18. The number of halogens is 1. The molecule has 0 spiro atoms. The number of nitro groups is 1. The third-order valence-electron chi connectivity index (χ3n) is 2.13. The van der Waals surface area contributed by atoms with Crippen LogP contribution in [0.4, 0.5) is 11.4 Å². The molecule has 0 saturated carbocycles. The zero-order valence-corrected chi connectivity index (χ0v) is 12.2. The van der Waals surface area contributed by atoms with Crippen LogP contribution in [0.15, 0.2) is 22.7 Å². The topological polar surface area (TPSA) is 55.2 Å². The van der Waals surface area contributed by atoms with Crippen LogP contribution in [0.2, 0.25) is 0 Å². The second-order valence-electron chi connectivity index (χ2n) is 3.62. The molecule has 1 aromatic carbocycles. The molecule has 4 nitrogen and oxygen atoms in total. The van der Waals surface area contributed by atoms with Crippen molar-refractivity contribution in [2.75, 3.05) is 16.8 Å². The molecule has 1 atom stereocenters. The van der Waals surface area contributed by atoms with E-state index in [-0.39, 0.29) is 16.7 Å². The molecule has 0 aliphatic heterocycles. The Labute approximate surface area is 113 Å². The number of hydrogen-bond acceptors (Lipinski definition) is 4. The van der Waals surface area contributed by atoms with Gasteiger partial charge in [0.15, 0.2) is 0 Å². The van der Waals surface area contributed by atoms with Crippen LogP contribution in [0, 0.1) is 10.1 Å². The van der Waals surface area contributed by atoms with E-state index in [2.05, 4.69) is 28.2 Å². The summed E-state index contributed by atoms with van der Waals surface area (Å²) >= 11 is 5.05. The Bertz CT molecular complexity index is 401. The number of rotatable bonds is 6. The van der Waals surface area contributed by atoms with Gasteiger partial charge >= 0.3 is 0 Å². The molecule has 17 heavy (non-hydrogen) atoms. The van der Waals surface area contributed by atoms with Crippen LogP contribution >= 0.6 is 27.7 Å². The highest BCUT2D eigenvalue weighted by atomic mass is 79.9. The van der Waals surface area contributed by atoms with Gasteiger partial charge in [-0.25, -0.2) is 0 Å². The van der Waals surface area contributed by atoms with Crippen LogP contribution in [-0.4, -0.2) is 22.5 Å². The minimum Gasteiger partial charge on any atom is -0.376 e. The van der Waals surface area contributed by atoms with Gasteiger partial charge in [0, 0.05) is 22.3 Å². The number of nitro benzene ring substituents is 1. The average Bonchev–Trinajstić information content (AvgIpc) is 2.28. The Morgan fingerprint density at radius 2 is 2.29 bits per heavy atom. The molecule has 1 N–H and O–H groups in total. The van der Waals surface area contributed by atoms with Crippen molar-refractivity contribution in [3.63, 3.8) is 0 Å². The van der Waals surface area contributed by atoms with Crippen LogP contribution in [0.5, 0.6) is 0 Å². The lowest BCUT2D eigenvalue weighted by atomic mass is 10.2. The van der Waals surface area contributed by atoms with Crippen molar-refractivity contribution in [3.05, 3.63) is 32.8 Å². The van der Waals surface area contributed by atoms with E-state index in [4.69, 9.17) is 0 Å². The summed E-state index contributed by atoms with van der Waals surface area (Å²) in [4.78, 5) is 10.5. The predicted molar refractivity (Wildman–Crippen MR) is 76.9 cm³/mol. The second-order valence-corrected chi connectivity index (χ2v) is 5.86. The standard InChI is InChI=1S/C11H15BrN2O2S/c1-3-17-7-8(2)13-10-5-4-9(12)6-11(10)14(15)16/h4-6,8,13H,3,7H2,1-2H3. The Balaban J connectivity index is 2.79. The second kappa shape index (κ2) is 6.86. The van der Waals surface area contributed by atoms with Gasteiger partial charge in [-0.2, -0.15) is 11.8 Å². The molecular weight excluding hydrogens is 304 g/mol. The molecule has 0 amide bonds. The van der Waals surface area contributed by atoms with Crippen LogP contribution < -0.4 is 5.32 Å². The third kappa shape index (κ3) is 4.55. The monoisotopic (exact) mass is 318 g/mol. The van der Waals surface area contributed by atoms with E-state index in [9.17, 15) is 10.1 Å². The molecule has 0 aliphatic rings. The smallest absolute Gasteiger partial charge is 0.293 e. The highest BCUT2D eigenvalue weighted by Crippen LogP contribution is 2.28. The zero-order valence-electron chi connectivity index (χ0n) is 9.77. The van der Waals surface area contributed by atoms with Crippen molar-refractivity contribution in [2.24, 2.45) is 0 Å². The highest BCUT2D eigenvalue weighted by Gasteiger charge is 2.15. The summed E-state index contributed by atoms with van der Waals surface area (Å²) in [6.45, 7) is 4.12. The SMILES string of the molecule is CCSCC(C)Nc1ccc(Br)cc1[N+](=O)[O-]. The van der Waals surface area contributed by atoms with Crippen molar-refractivity contribution in [3.8, 4) is 0 Å². The maximum Gasteiger partial charge on any atom is 0.293 e.